The molecule has 0 aliphatic rings. The zero-order valence-electron chi connectivity index (χ0n) is 43.4. The minimum Gasteiger partial charge on any atom is -0.493 e. The van der Waals surface area contributed by atoms with Crippen LogP contribution < -0.4 is 4.74 Å². The van der Waals surface area contributed by atoms with Crippen molar-refractivity contribution in [3.05, 3.63) is 116 Å². The van der Waals surface area contributed by atoms with E-state index in [1.165, 1.54) is 16.7 Å². The zero-order valence-corrected chi connectivity index (χ0v) is 44.2. The molecule has 9 rings (SSSR count). The van der Waals surface area contributed by atoms with Gasteiger partial charge in [0.15, 0.2) is 17.1 Å². The predicted octanol–water partition coefficient (Wildman–Crippen LogP) is 15.0. The number of hydrogen-bond acceptors (Lipinski definition) is 16. The first kappa shape index (κ1) is 54.1. The van der Waals surface area contributed by atoms with Gasteiger partial charge < -0.3 is 31.6 Å². The summed E-state index contributed by atoms with van der Waals surface area (Å²) in [5.74, 6) is 5.64. The maximum Gasteiger partial charge on any atom is 0.270 e. The molecule has 0 aliphatic heterocycles. The van der Waals surface area contributed by atoms with Crippen molar-refractivity contribution in [2.75, 3.05) is 6.61 Å². The largest absolute Gasteiger partial charge is 0.493 e. The maximum atomic E-state index is 6.06. The molecular weight excluding hydrogens is 934 g/mol. The molecule has 3 aromatic carbocycles. The lowest BCUT2D eigenvalue weighted by Gasteiger charge is -2.12. The summed E-state index contributed by atoms with van der Waals surface area (Å²) in [7, 11) is 0. The van der Waals surface area contributed by atoms with Crippen molar-refractivity contribution < 1.29 is 31.6 Å². The van der Waals surface area contributed by atoms with E-state index in [0.29, 0.717) is 64.1 Å². The molecule has 0 saturated heterocycles. The average Bonchev–Trinajstić information content (AvgIpc) is 4.14. The highest BCUT2D eigenvalue weighted by Gasteiger charge is 2.26. The molecular formula is C55H66ClN9O7. The monoisotopic (exact) mass is 999 g/mol. The normalized spacial score (nSPS) is 11.7. The van der Waals surface area contributed by atoms with Gasteiger partial charge >= 0.3 is 0 Å². The van der Waals surface area contributed by atoms with Gasteiger partial charge in [-0.05, 0) is 124 Å². The summed E-state index contributed by atoms with van der Waals surface area (Å²) in [5.41, 5.74) is 10.6. The van der Waals surface area contributed by atoms with Gasteiger partial charge in [-0.3, -0.25) is 0 Å². The van der Waals surface area contributed by atoms with Gasteiger partial charge in [0.2, 0.25) is 17.7 Å². The second-order valence-electron chi connectivity index (χ2n) is 20.8. The van der Waals surface area contributed by atoms with E-state index in [0.717, 1.165) is 62.8 Å². The Morgan fingerprint density at radius 1 is 0.444 bits per heavy atom. The molecule has 6 aromatic heterocycles. The Labute approximate surface area is 426 Å². The van der Waals surface area contributed by atoms with Crippen LogP contribution in [0.3, 0.4) is 0 Å². The van der Waals surface area contributed by atoms with Crippen molar-refractivity contribution in [1.82, 2.24) is 46.1 Å². The molecule has 17 heteroatoms. The van der Waals surface area contributed by atoms with Crippen molar-refractivity contribution in [3.8, 4) is 74.9 Å². The SMILES string of the molecule is C.CCCOc1c(C)cc(-c2nnc(-c3cc(C(C)(C)C)on3)o2)cc1C.Cc1cc(-c2nnc(-c3cc(C(C)(C)C)on3)o2)cc(C)c1C.Cc1cc(Cl)cc(-c2nnc(-c3cc(C(C)(C)C)on3)o2)c1. The number of hydrogen-bond donors (Lipinski definition) is 0. The van der Waals surface area contributed by atoms with Gasteiger partial charge in [-0.2, -0.15) is 0 Å². The Morgan fingerprint density at radius 3 is 1.10 bits per heavy atom. The summed E-state index contributed by atoms with van der Waals surface area (Å²) >= 11 is 6.06. The van der Waals surface area contributed by atoms with E-state index in [-0.39, 0.29) is 23.7 Å². The summed E-state index contributed by atoms with van der Waals surface area (Å²) < 4.78 is 39.2. The molecule has 0 N–H and O–H groups in total. The zero-order chi connectivity index (χ0) is 51.6. The van der Waals surface area contributed by atoms with Gasteiger partial charge in [-0.15, -0.1) is 30.6 Å². The van der Waals surface area contributed by atoms with Crippen LogP contribution in [0.25, 0.3) is 69.1 Å². The number of nitrogens with zero attached hydrogens (tertiary/aromatic N) is 9. The molecule has 0 amide bonds. The van der Waals surface area contributed by atoms with Crippen molar-refractivity contribution in [1.29, 1.82) is 0 Å². The van der Waals surface area contributed by atoms with Crippen LogP contribution in [-0.2, 0) is 16.2 Å². The van der Waals surface area contributed by atoms with E-state index in [4.69, 9.17) is 43.2 Å². The van der Waals surface area contributed by atoms with Crippen LogP contribution in [0, 0.1) is 41.5 Å². The molecule has 16 nitrogen and oxygen atoms in total. The molecule has 0 bridgehead atoms. The van der Waals surface area contributed by atoms with E-state index in [1.54, 1.807) is 6.07 Å². The van der Waals surface area contributed by atoms with Crippen LogP contribution >= 0.6 is 11.6 Å². The number of halogens is 1. The predicted molar refractivity (Wildman–Crippen MR) is 278 cm³/mol. The Bertz CT molecular complexity index is 3190. The highest BCUT2D eigenvalue weighted by molar-refractivity contribution is 6.30. The van der Waals surface area contributed by atoms with Crippen LogP contribution in [0.15, 0.2) is 87.5 Å². The van der Waals surface area contributed by atoms with Gasteiger partial charge in [0.25, 0.3) is 17.7 Å². The Morgan fingerprint density at radius 2 is 0.778 bits per heavy atom. The van der Waals surface area contributed by atoms with Crippen molar-refractivity contribution in [2.24, 2.45) is 0 Å². The summed E-state index contributed by atoms with van der Waals surface area (Å²) in [6.07, 6.45) is 0.974. The van der Waals surface area contributed by atoms with Crippen molar-refractivity contribution >= 4 is 11.6 Å². The van der Waals surface area contributed by atoms with Gasteiger partial charge in [0.1, 0.15) is 23.0 Å². The lowest BCUT2D eigenvalue weighted by atomic mass is 9.93. The summed E-state index contributed by atoms with van der Waals surface area (Å²) in [4.78, 5) is 0. The third kappa shape index (κ3) is 12.8. The highest BCUT2D eigenvalue weighted by Crippen LogP contribution is 2.34. The molecule has 0 spiro atoms. The van der Waals surface area contributed by atoms with Crippen LogP contribution in [0.1, 0.15) is 134 Å². The number of aromatic nitrogens is 9. The molecule has 72 heavy (non-hydrogen) atoms. The minimum absolute atomic E-state index is 0. The molecule has 9 aromatic rings. The highest BCUT2D eigenvalue weighted by atomic mass is 35.5. The molecule has 6 heterocycles. The third-order valence-corrected chi connectivity index (χ3v) is 11.5. The molecule has 380 valence electrons. The Kier molecular flexibility index (Phi) is 16.3. The van der Waals surface area contributed by atoms with E-state index in [1.807, 2.05) is 84.0 Å². The van der Waals surface area contributed by atoms with Gasteiger partial charge in [0.05, 0.1) is 6.61 Å². The lowest BCUT2D eigenvalue weighted by molar-refractivity contribution is 0.313. The van der Waals surface area contributed by atoms with Crippen molar-refractivity contribution in [3.63, 3.8) is 0 Å². The van der Waals surface area contributed by atoms with E-state index >= 15 is 0 Å². The molecule has 0 radical (unpaired) electrons. The van der Waals surface area contributed by atoms with Crippen molar-refractivity contribution in [2.45, 2.75) is 141 Å². The maximum absolute atomic E-state index is 6.06. The first-order valence-electron chi connectivity index (χ1n) is 23.4. The van der Waals surface area contributed by atoms with Gasteiger partial charge in [0, 0.05) is 56.2 Å². The summed E-state index contributed by atoms with van der Waals surface area (Å²) in [6.45, 7) is 33.6. The smallest absolute Gasteiger partial charge is 0.270 e. The molecule has 0 fully saturated rings. The lowest BCUT2D eigenvalue weighted by Crippen LogP contribution is -2.09. The molecule has 0 saturated carbocycles. The van der Waals surface area contributed by atoms with Gasteiger partial charge in [-0.1, -0.05) is 104 Å². The first-order valence-corrected chi connectivity index (χ1v) is 23.8. The fourth-order valence-electron chi connectivity index (χ4n) is 7.04. The van der Waals surface area contributed by atoms with E-state index in [2.05, 4.69) is 127 Å². The van der Waals surface area contributed by atoms with Crippen LogP contribution in [-0.4, -0.2) is 52.7 Å². The summed E-state index contributed by atoms with van der Waals surface area (Å²) in [5, 5.41) is 37.3. The quantitative estimate of drug-likeness (QED) is 0.132. The first-order chi connectivity index (χ1) is 33.4. The molecule has 0 aliphatic carbocycles. The fraction of sp³-hybridized carbons (Fsp3) is 0.400. The topological polar surface area (TPSA) is 204 Å². The van der Waals surface area contributed by atoms with Crippen LogP contribution in [0.4, 0.5) is 0 Å². The molecule has 0 atom stereocenters. The van der Waals surface area contributed by atoms with E-state index < -0.39 is 0 Å². The summed E-state index contributed by atoms with van der Waals surface area (Å²) in [6, 6.07) is 19.2. The standard InChI is InChI=1S/C20H25N3O3.C18H21N3O2.C16H16ClN3O2.CH4/c1-7-8-24-17-12(2)9-14(10-13(17)3)18-21-22-19(25-18)15-11-16(26-23-15)20(4,5)6;1-10-7-13(8-11(2)12(10)3)16-19-20-17(22-16)14-9-15(23-21-14)18(4,5)6;1-9-5-10(7-11(17)6-9)14-18-19-15(21-14)12-8-13(22-20-12)16(2,3)4;/h9-11H,7-8H2,1-6H3;7-9H,1-6H3;5-8H,1-4H3;1H4. The number of rotatable bonds is 9. The average molecular weight is 1000 g/mol. The Hall–Kier alpha value is -7.20. The van der Waals surface area contributed by atoms with Gasteiger partial charge in [-0.25, -0.2) is 0 Å². The number of aryl methyl sites for hydroxylation is 5. The van der Waals surface area contributed by atoms with Crippen LogP contribution in [0.5, 0.6) is 5.75 Å². The Balaban J connectivity index is 0.000000176. The third-order valence-electron chi connectivity index (χ3n) is 11.3. The fourth-order valence-corrected chi connectivity index (χ4v) is 7.33. The minimum atomic E-state index is -0.128. The number of benzene rings is 3. The second-order valence-corrected chi connectivity index (χ2v) is 21.2. The molecule has 0 unspecified atom stereocenters. The van der Waals surface area contributed by atoms with Crippen LogP contribution in [0.2, 0.25) is 5.02 Å². The number of ether oxygens (including phenoxy) is 1. The second kappa shape index (κ2) is 21.7. The van der Waals surface area contributed by atoms with E-state index in [9.17, 15) is 0 Å².